The Morgan fingerprint density at radius 3 is 2.96 bits per heavy atom. The van der Waals surface area contributed by atoms with E-state index in [9.17, 15) is 23.7 Å². The van der Waals surface area contributed by atoms with Gasteiger partial charge in [-0.05, 0) is 0 Å². The van der Waals surface area contributed by atoms with Crippen LogP contribution in [0.1, 0.15) is 20.1 Å². The molecule has 0 aromatic carbocycles. The van der Waals surface area contributed by atoms with Gasteiger partial charge in [-0.25, -0.2) is 13.9 Å². The van der Waals surface area contributed by atoms with Gasteiger partial charge in [-0.2, -0.15) is 4.98 Å². The molecule has 0 unspecified atom stereocenters. The molecule has 1 aliphatic heterocycles. The molecule has 3 N–H and O–H groups in total. The van der Waals surface area contributed by atoms with Crippen LogP contribution in [0.2, 0.25) is 0 Å². The molecule has 146 valence electrons. The predicted molar refractivity (Wildman–Crippen MR) is 90.0 cm³/mol. The van der Waals surface area contributed by atoms with E-state index < -0.39 is 45.5 Å². The summed E-state index contributed by atoms with van der Waals surface area (Å²) in [5, 5.41) is 11.7. The number of carbonyl (C=O) groups is 1. The fraction of sp³-hybridized carbons (Fsp3) is 0.571. The van der Waals surface area contributed by atoms with Crippen molar-refractivity contribution < 1.29 is 28.1 Å². The molecule has 2 aromatic heterocycles. The van der Waals surface area contributed by atoms with Gasteiger partial charge in [-0.15, -0.1) is 0 Å². The topological polar surface area (TPSA) is 148 Å². The normalized spacial score (nSPS) is 25.5. The Balaban J connectivity index is 2.04. The van der Waals surface area contributed by atoms with Crippen LogP contribution < -0.4 is 10.9 Å². The highest BCUT2D eigenvalue weighted by Crippen LogP contribution is 2.36. The van der Waals surface area contributed by atoms with E-state index in [0.717, 1.165) is 0 Å². The number of hydrogen-bond donors (Lipinski definition) is 3. The van der Waals surface area contributed by atoms with Crippen LogP contribution in [-0.2, 0) is 18.6 Å². The summed E-state index contributed by atoms with van der Waals surface area (Å²) < 4.78 is 36.7. The van der Waals surface area contributed by atoms with Crippen molar-refractivity contribution in [2.75, 3.05) is 11.9 Å². The number of imidazole rings is 1. The summed E-state index contributed by atoms with van der Waals surface area (Å²) in [5.41, 5.74) is -0.682. The van der Waals surface area contributed by atoms with Gasteiger partial charge in [-0.3, -0.25) is 29.0 Å². The van der Waals surface area contributed by atoms with Crippen molar-refractivity contribution in [2.45, 2.75) is 38.5 Å². The lowest BCUT2D eigenvalue weighted by molar-refractivity contribution is -0.118. The molecule has 1 saturated heterocycles. The second-order valence-electron chi connectivity index (χ2n) is 6.22. The fourth-order valence-electron chi connectivity index (χ4n) is 2.66. The predicted octanol–water partition coefficient (Wildman–Crippen LogP) is 0.534. The van der Waals surface area contributed by atoms with Crippen LogP contribution in [0.5, 0.6) is 0 Å². The summed E-state index contributed by atoms with van der Waals surface area (Å²) in [5.74, 6) is -0.822. The van der Waals surface area contributed by atoms with Crippen molar-refractivity contribution >= 4 is 31.7 Å². The molecule has 4 atom stereocenters. The lowest BCUT2D eigenvalue weighted by Crippen LogP contribution is -2.30. The number of nitrogens with zero attached hydrogens (tertiary/aromatic N) is 3. The van der Waals surface area contributed by atoms with Gasteiger partial charge in [-0.1, -0.05) is 13.8 Å². The van der Waals surface area contributed by atoms with Crippen molar-refractivity contribution in [3.8, 4) is 0 Å². The molecule has 27 heavy (non-hydrogen) atoms. The highest BCUT2D eigenvalue weighted by molar-refractivity contribution is 7.17. The molecule has 0 spiro atoms. The smallest absolute Gasteiger partial charge is 0.327 e. The molecular weight excluding hydrogens is 384 g/mol. The number of aromatic amines is 1. The van der Waals surface area contributed by atoms with E-state index in [4.69, 9.17) is 9.26 Å². The molecule has 0 saturated carbocycles. The maximum absolute atomic E-state index is 14.4. The van der Waals surface area contributed by atoms with Gasteiger partial charge in [0.25, 0.3) is 5.56 Å². The quantitative estimate of drug-likeness (QED) is 0.594. The number of halogens is 1. The Kier molecular flexibility index (Phi) is 5.61. The zero-order valence-corrected chi connectivity index (χ0v) is 15.2. The second kappa shape index (κ2) is 7.77. The first-order valence-corrected chi connectivity index (χ1v) is 8.77. The zero-order valence-electron chi connectivity index (χ0n) is 14.3. The molecule has 11 nitrogen and oxygen atoms in total. The number of anilines is 1. The minimum Gasteiger partial charge on any atom is -0.394 e. The van der Waals surface area contributed by atoms with E-state index in [1.54, 1.807) is 13.8 Å². The molecule has 13 heteroatoms. The summed E-state index contributed by atoms with van der Waals surface area (Å²) >= 11 is 0. The summed E-state index contributed by atoms with van der Waals surface area (Å²) in [6.07, 6.45) is -4.28. The molecule has 0 radical (unpaired) electrons. The van der Waals surface area contributed by atoms with Crippen molar-refractivity contribution in [3.63, 3.8) is 0 Å². The standard InChI is InChI=1S/C14H17FN5O6P/c1-5(2)11(22)18-14-17-10-8(12(23)19-14)16-4-20(10)13-9(26-27-24)7(15)6(3-21)25-13/h4-7,9,13,21H,3H2,1-2H3,(H2,17,18,19,22,23)/t6-,7-,9-,13-/m1/s1. The number of nitrogens with one attached hydrogen (secondary N) is 2. The van der Waals surface area contributed by atoms with E-state index >= 15 is 0 Å². The fourth-order valence-corrected chi connectivity index (χ4v) is 2.98. The third kappa shape index (κ3) is 3.61. The molecule has 3 heterocycles. The van der Waals surface area contributed by atoms with Crippen LogP contribution in [-0.4, -0.2) is 55.5 Å². The minimum atomic E-state index is -1.76. The molecule has 1 fully saturated rings. The van der Waals surface area contributed by atoms with Crippen LogP contribution in [0, 0.1) is 5.92 Å². The molecule has 0 bridgehead atoms. The Morgan fingerprint density at radius 1 is 1.59 bits per heavy atom. The number of ether oxygens (including phenoxy) is 1. The number of rotatable bonds is 6. The van der Waals surface area contributed by atoms with Gasteiger partial charge >= 0.3 is 8.69 Å². The van der Waals surface area contributed by atoms with E-state index in [0.29, 0.717) is 0 Å². The summed E-state index contributed by atoms with van der Waals surface area (Å²) in [6, 6.07) is 0. The maximum atomic E-state index is 14.4. The average Bonchev–Trinajstić information content (AvgIpc) is 3.17. The monoisotopic (exact) mass is 401 g/mol. The molecule has 1 aliphatic rings. The molecule has 1 amide bonds. The number of hydrogen-bond acceptors (Lipinski definition) is 8. The van der Waals surface area contributed by atoms with Crippen molar-refractivity contribution in [1.29, 1.82) is 0 Å². The number of aliphatic hydroxyl groups excluding tert-OH is 1. The first-order valence-electron chi connectivity index (χ1n) is 8.04. The lowest BCUT2D eigenvalue weighted by Gasteiger charge is -2.18. The molecule has 0 aliphatic carbocycles. The SMILES string of the molecule is CC(C)C(=O)Nc1nc2c(ncn2[C@@H]2O[C@H](CO)[C@@H](F)[C@H]2OP=O)c(=O)[nH]1. The Labute approximate surface area is 153 Å². The van der Waals surface area contributed by atoms with Crippen LogP contribution in [0.3, 0.4) is 0 Å². The number of aliphatic hydroxyl groups is 1. The van der Waals surface area contributed by atoms with Crippen molar-refractivity contribution in [3.05, 3.63) is 16.7 Å². The number of alkyl halides is 1. The Bertz CT molecular complexity index is 917. The first-order chi connectivity index (χ1) is 12.9. The highest BCUT2D eigenvalue weighted by atomic mass is 31.1. The number of carbonyl (C=O) groups excluding carboxylic acids is 1. The second-order valence-corrected chi connectivity index (χ2v) is 6.58. The summed E-state index contributed by atoms with van der Waals surface area (Å²) in [6.45, 7) is 2.72. The van der Waals surface area contributed by atoms with E-state index in [-0.39, 0.29) is 28.9 Å². The Morgan fingerprint density at radius 2 is 2.33 bits per heavy atom. The largest absolute Gasteiger partial charge is 0.394 e. The van der Waals surface area contributed by atoms with Crippen LogP contribution in [0.15, 0.2) is 11.1 Å². The Hall–Kier alpha value is -2.27. The lowest BCUT2D eigenvalue weighted by atomic mass is 10.1. The molecule has 3 rings (SSSR count). The van der Waals surface area contributed by atoms with E-state index in [2.05, 4.69) is 20.3 Å². The van der Waals surface area contributed by atoms with Gasteiger partial charge in [0.1, 0.15) is 6.10 Å². The summed E-state index contributed by atoms with van der Waals surface area (Å²) in [4.78, 5) is 34.5. The van der Waals surface area contributed by atoms with Crippen LogP contribution in [0.4, 0.5) is 10.3 Å². The first kappa shape index (κ1) is 19.5. The number of amides is 1. The molecule has 2 aromatic rings. The van der Waals surface area contributed by atoms with E-state index in [1.165, 1.54) is 10.9 Å². The van der Waals surface area contributed by atoms with Gasteiger partial charge < -0.3 is 9.84 Å². The van der Waals surface area contributed by atoms with Crippen molar-refractivity contribution in [1.82, 2.24) is 19.5 Å². The van der Waals surface area contributed by atoms with Gasteiger partial charge in [0.15, 0.2) is 29.7 Å². The number of aromatic nitrogens is 4. The maximum Gasteiger partial charge on any atom is 0.327 e. The van der Waals surface area contributed by atoms with E-state index in [1.807, 2.05) is 0 Å². The van der Waals surface area contributed by atoms with Gasteiger partial charge in [0.05, 0.1) is 12.9 Å². The molecular formula is C14H17FN5O6P. The average molecular weight is 401 g/mol. The van der Waals surface area contributed by atoms with Crippen molar-refractivity contribution in [2.24, 2.45) is 5.92 Å². The van der Waals surface area contributed by atoms with Gasteiger partial charge in [0, 0.05) is 5.92 Å². The van der Waals surface area contributed by atoms with Crippen LogP contribution >= 0.6 is 8.69 Å². The minimum absolute atomic E-state index is 0.00441. The van der Waals surface area contributed by atoms with Gasteiger partial charge in [0.2, 0.25) is 11.9 Å². The number of fused-ring (bicyclic) bond motifs is 1. The number of H-pyrrole nitrogens is 1. The van der Waals surface area contributed by atoms with Crippen LogP contribution in [0.25, 0.3) is 11.2 Å². The zero-order chi connectivity index (χ0) is 19.7. The third-order valence-corrected chi connectivity index (χ3v) is 4.41. The summed E-state index contributed by atoms with van der Waals surface area (Å²) in [7, 11) is -0.773. The highest BCUT2D eigenvalue weighted by Gasteiger charge is 2.47. The third-order valence-electron chi connectivity index (χ3n) is 4.08.